The molecule has 2 rings (SSSR count). The molecule has 110 valence electrons. The van der Waals surface area contributed by atoms with Gasteiger partial charge in [-0.15, -0.1) is 0 Å². The third-order valence-electron chi connectivity index (χ3n) is 2.96. The summed E-state index contributed by atoms with van der Waals surface area (Å²) >= 11 is 6.00. The summed E-state index contributed by atoms with van der Waals surface area (Å²) < 4.78 is 5.08. The minimum Gasteiger partial charge on any atom is -0.497 e. The fourth-order valence-electron chi connectivity index (χ4n) is 1.79. The number of halogens is 1. The molecule has 5 heteroatoms. The average Bonchev–Trinajstić information content (AvgIpc) is 2.52. The van der Waals surface area contributed by atoms with Crippen molar-refractivity contribution in [2.75, 3.05) is 19.0 Å². The summed E-state index contributed by atoms with van der Waals surface area (Å²) in [6, 6.07) is 14.9. The number of para-hydroxylation sites is 1. The molecule has 0 heterocycles. The number of benzene rings is 2. The third-order valence-corrected chi connectivity index (χ3v) is 3.29. The second kappa shape index (κ2) is 7.55. The molecule has 0 spiro atoms. The van der Waals surface area contributed by atoms with Gasteiger partial charge in [0.1, 0.15) is 5.75 Å². The number of carbonyl (C=O) groups excluding carboxylic acids is 1. The lowest BCUT2D eigenvalue weighted by Crippen LogP contribution is -2.29. The molecule has 0 aromatic heterocycles. The number of carbonyl (C=O) groups is 1. The zero-order valence-corrected chi connectivity index (χ0v) is 12.5. The Bertz CT molecular complexity index is 599. The van der Waals surface area contributed by atoms with Crippen LogP contribution >= 0.6 is 11.6 Å². The van der Waals surface area contributed by atoms with E-state index in [9.17, 15) is 4.79 Å². The number of hydrogen-bond donors (Lipinski definition) is 2. The molecule has 0 aliphatic carbocycles. The first-order valence-electron chi connectivity index (χ1n) is 6.57. The van der Waals surface area contributed by atoms with Gasteiger partial charge in [0.15, 0.2) is 0 Å². The third kappa shape index (κ3) is 4.68. The Hall–Kier alpha value is -2.20. The van der Waals surface area contributed by atoms with Crippen LogP contribution in [0.3, 0.4) is 0 Å². The fourth-order valence-corrected chi connectivity index (χ4v) is 1.99. The summed E-state index contributed by atoms with van der Waals surface area (Å²) in [7, 11) is 1.62. The van der Waals surface area contributed by atoms with Crippen molar-refractivity contribution in [3.05, 3.63) is 59.1 Å². The van der Waals surface area contributed by atoms with Crippen LogP contribution in [0.4, 0.5) is 5.69 Å². The van der Waals surface area contributed by atoms with E-state index in [1.807, 2.05) is 42.5 Å². The zero-order chi connectivity index (χ0) is 15.1. The Kier molecular flexibility index (Phi) is 5.46. The van der Waals surface area contributed by atoms with Crippen molar-refractivity contribution < 1.29 is 9.53 Å². The van der Waals surface area contributed by atoms with Gasteiger partial charge in [0.25, 0.3) is 0 Å². The fraction of sp³-hybridized carbons (Fsp3) is 0.188. The van der Waals surface area contributed by atoms with E-state index in [1.165, 1.54) is 0 Å². The minimum atomic E-state index is -0.0919. The molecule has 21 heavy (non-hydrogen) atoms. The van der Waals surface area contributed by atoms with Crippen LogP contribution in [0.25, 0.3) is 0 Å². The van der Waals surface area contributed by atoms with Gasteiger partial charge in [-0.3, -0.25) is 4.79 Å². The van der Waals surface area contributed by atoms with Crippen LogP contribution in [-0.2, 0) is 11.3 Å². The van der Waals surface area contributed by atoms with Crippen LogP contribution < -0.4 is 15.4 Å². The maximum absolute atomic E-state index is 11.8. The molecular formula is C16H17ClN2O2. The number of amides is 1. The van der Waals surface area contributed by atoms with Crippen molar-refractivity contribution in [2.24, 2.45) is 0 Å². The lowest BCUT2D eigenvalue weighted by Gasteiger charge is -2.09. The maximum atomic E-state index is 11.8. The van der Waals surface area contributed by atoms with E-state index >= 15 is 0 Å². The number of nitrogens with one attached hydrogen (secondary N) is 2. The van der Waals surface area contributed by atoms with E-state index in [2.05, 4.69) is 10.6 Å². The monoisotopic (exact) mass is 304 g/mol. The first-order valence-corrected chi connectivity index (χ1v) is 6.95. The molecule has 0 unspecified atom stereocenters. The molecule has 0 aliphatic heterocycles. The summed E-state index contributed by atoms with van der Waals surface area (Å²) in [6.45, 7) is 0.660. The Labute approximate surface area is 129 Å². The number of anilines is 1. The van der Waals surface area contributed by atoms with Crippen LogP contribution in [0.15, 0.2) is 48.5 Å². The Morgan fingerprint density at radius 2 is 1.86 bits per heavy atom. The van der Waals surface area contributed by atoms with Gasteiger partial charge in [0.05, 0.1) is 24.4 Å². The van der Waals surface area contributed by atoms with E-state index in [0.29, 0.717) is 11.6 Å². The minimum absolute atomic E-state index is 0.0919. The van der Waals surface area contributed by atoms with E-state index < -0.39 is 0 Å². The number of methoxy groups -OCH3 is 1. The van der Waals surface area contributed by atoms with Gasteiger partial charge in [-0.25, -0.2) is 0 Å². The molecule has 0 saturated heterocycles. The van der Waals surface area contributed by atoms with E-state index in [4.69, 9.17) is 16.3 Å². The Morgan fingerprint density at radius 3 is 2.52 bits per heavy atom. The van der Waals surface area contributed by atoms with E-state index in [1.54, 1.807) is 13.2 Å². The van der Waals surface area contributed by atoms with Gasteiger partial charge < -0.3 is 15.4 Å². The molecule has 0 bridgehead atoms. The molecule has 0 saturated carbocycles. The van der Waals surface area contributed by atoms with Crippen LogP contribution in [0, 0.1) is 0 Å². The van der Waals surface area contributed by atoms with Crippen molar-refractivity contribution in [1.29, 1.82) is 0 Å². The highest BCUT2D eigenvalue weighted by Crippen LogP contribution is 2.19. The van der Waals surface area contributed by atoms with E-state index in [0.717, 1.165) is 17.0 Å². The molecule has 0 fully saturated rings. The quantitative estimate of drug-likeness (QED) is 0.862. The van der Waals surface area contributed by atoms with Gasteiger partial charge >= 0.3 is 0 Å². The Balaban J connectivity index is 1.78. The highest BCUT2D eigenvalue weighted by Gasteiger charge is 2.03. The lowest BCUT2D eigenvalue weighted by molar-refractivity contribution is -0.119. The van der Waals surface area contributed by atoms with Gasteiger partial charge in [-0.05, 0) is 29.8 Å². The maximum Gasteiger partial charge on any atom is 0.239 e. The summed E-state index contributed by atoms with van der Waals surface area (Å²) in [5, 5.41) is 6.44. The van der Waals surface area contributed by atoms with Crippen molar-refractivity contribution in [1.82, 2.24) is 5.32 Å². The number of hydrogen-bond acceptors (Lipinski definition) is 3. The predicted molar refractivity (Wildman–Crippen MR) is 84.8 cm³/mol. The standard InChI is InChI=1S/C16H17ClN2O2/c1-21-13-8-6-12(7-9-13)10-19-16(20)11-18-15-5-3-2-4-14(15)17/h2-9,18H,10-11H2,1H3,(H,19,20). The highest BCUT2D eigenvalue weighted by molar-refractivity contribution is 6.33. The largest absolute Gasteiger partial charge is 0.497 e. The number of rotatable bonds is 6. The Morgan fingerprint density at radius 1 is 1.14 bits per heavy atom. The summed E-state index contributed by atoms with van der Waals surface area (Å²) in [5.41, 5.74) is 1.76. The first-order chi connectivity index (χ1) is 10.2. The van der Waals surface area contributed by atoms with E-state index in [-0.39, 0.29) is 12.5 Å². The summed E-state index contributed by atoms with van der Waals surface area (Å²) in [6.07, 6.45) is 0. The van der Waals surface area contributed by atoms with Crippen LogP contribution in [-0.4, -0.2) is 19.6 Å². The zero-order valence-electron chi connectivity index (χ0n) is 11.7. The molecule has 0 radical (unpaired) electrons. The highest BCUT2D eigenvalue weighted by atomic mass is 35.5. The molecule has 1 amide bonds. The normalized spacial score (nSPS) is 10.0. The molecule has 0 aliphatic rings. The molecule has 0 atom stereocenters. The summed E-state index contributed by atoms with van der Waals surface area (Å²) in [4.78, 5) is 11.8. The number of ether oxygens (including phenoxy) is 1. The second-order valence-corrected chi connectivity index (χ2v) is 4.87. The van der Waals surface area contributed by atoms with Gasteiger partial charge in [0, 0.05) is 6.54 Å². The second-order valence-electron chi connectivity index (χ2n) is 4.46. The van der Waals surface area contributed by atoms with Gasteiger partial charge in [0.2, 0.25) is 5.91 Å². The van der Waals surface area contributed by atoms with Crippen LogP contribution in [0.5, 0.6) is 5.75 Å². The van der Waals surface area contributed by atoms with Crippen LogP contribution in [0.2, 0.25) is 5.02 Å². The van der Waals surface area contributed by atoms with Gasteiger partial charge in [-0.2, -0.15) is 0 Å². The SMILES string of the molecule is COc1ccc(CNC(=O)CNc2ccccc2Cl)cc1. The average molecular weight is 305 g/mol. The summed E-state index contributed by atoms with van der Waals surface area (Å²) in [5.74, 6) is 0.705. The van der Waals surface area contributed by atoms with Crippen LogP contribution in [0.1, 0.15) is 5.56 Å². The molecular weight excluding hydrogens is 288 g/mol. The predicted octanol–water partition coefficient (Wildman–Crippen LogP) is 3.08. The lowest BCUT2D eigenvalue weighted by atomic mass is 10.2. The van der Waals surface area contributed by atoms with Gasteiger partial charge in [-0.1, -0.05) is 35.9 Å². The van der Waals surface area contributed by atoms with Crippen molar-refractivity contribution in [2.45, 2.75) is 6.54 Å². The first kappa shape index (κ1) is 15.2. The molecule has 4 nitrogen and oxygen atoms in total. The topological polar surface area (TPSA) is 50.4 Å². The molecule has 2 aromatic rings. The van der Waals surface area contributed by atoms with Crippen molar-refractivity contribution in [3.63, 3.8) is 0 Å². The molecule has 2 aromatic carbocycles. The van der Waals surface area contributed by atoms with Crippen molar-refractivity contribution >= 4 is 23.2 Å². The van der Waals surface area contributed by atoms with Crippen molar-refractivity contribution in [3.8, 4) is 5.75 Å². The smallest absolute Gasteiger partial charge is 0.239 e. The molecule has 2 N–H and O–H groups in total.